The lowest BCUT2D eigenvalue weighted by molar-refractivity contribution is 0.642. The highest BCUT2D eigenvalue weighted by atomic mass is 35.5. The lowest BCUT2D eigenvalue weighted by atomic mass is 10.2. The molecule has 88 valence electrons. The van der Waals surface area contributed by atoms with Gasteiger partial charge in [-0.3, -0.25) is 0 Å². The van der Waals surface area contributed by atoms with Crippen molar-refractivity contribution in [2.45, 2.75) is 24.5 Å². The molecule has 0 atom stereocenters. The van der Waals surface area contributed by atoms with Crippen LogP contribution in [0.3, 0.4) is 0 Å². The third kappa shape index (κ3) is 2.83. The fourth-order valence-electron chi connectivity index (χ4n) is 1.89. The summed E-state index contributed by atoms with van der Waals surface area (Å²) in [4.78, 5) is 6.83. The summed E-state index contributed by atoms with van der Waals surface area (Å²) < 4.78 is 0.324. The Hall–Kier alpha value is -0.410. The summed E-state index contributed by atoms with van der Waals surface area (Å²) in [5.74, 6) is 2.78. The first-order chi connectivity index (χ1) is 7.61. The van der Waals surface area contributed by atoms with E-state index >= 15 is 0 Å². The van der Waals surface area contributed by atoms with Crippen molar-refractivity contribution in [2.24, 2.45) is 0 Å². The van der Waals surface area contributed by atoms with Gasteiger partial charge in [0.2, 0.25) is 0 Å². The van der Waals surface area contributed by atoms with Gasteiger partial charge in [0.25, 0.3) is 0 Å². The second-order valence-corrected chi connectivity index (χ2v) is 6.76. The third-order valence-electron chi connectivity index (χ3n) is 2.71. The summed E-state index contributed by atoms with van der Waals surface area (Å²) in [7, 11) is 0. The van der Waals surface area contributed by atoms with Gasteiger partial charge in [0.05, 0.1) is 0 Å². The van der Waals surface area contributed by atoms with Crippen LogP contribution in [0.15, 0.2) is 18.3 Å². The maximum atomic E-state index is 5.75. The molecular weight excluding hydrogens is 240 g/mol. The van der Waals surface area contributed by atoms with Crippen molar-refractivity contribution in [3.63, 3.8) is 0 Å². The minimum atomic E-state index is 0.324. The topological polar surface area (TPSA) is 16.1 Å². The van der Waals surface area contributed by atoms with Gasteiger partial charge in [-0.25, -0.2) is 4.98 Å². The molecule has 0 unspecified atom stereocenters. The summed E-state index contributed by atoms with van der Waals surface area (Å²) in [6.45, 7) is 6.72. The monoisotopic (exact) mass is 256 g/mol. The predicted molar refractivity (Wildman–Crippen MR) is 72.5 cm³/mol. The molecule has 2 heterocycles. The highest BCUT2D eigenvalue weighted by molar-refractivity contribution is 8.00. The third-order valence-corrected chi connectivity index (χ3v) is 4.32. The number of hydrogen-bond donors (Lipinski definition) is 0. The second-order valence-electron chi connectivity index (χ2n) is 4.69. The van der Waals surface area contributed by atoms with Crippen LogP contribution in [0.2, 0.25) is 0 Å². The molecule has 0 radical (unpaired) electrons. The van der Waals surface area contributed by atoms with E-state index in [4.69, 9.17) is 11.6 Å². The van der Waals surface area contributed by atoms with Crippen LogP contribution in [0.1, 0.15) is 19.4 Å². The number of nitrogens with zero attached hydrogens (tertiary/aromatic N) is 2. The molecule has 1 fully saturated rings. The predicted octanol–water partition coefficient (Wildman–Crippen LogP) is 3.15. The van der Waals surface area contributed by atoms with E-state index in [0.717, 1.165) is 24.5 Å². The minimum Gasteiger partial charge on any atom is -0.354 e. The average Bonchev–Trinajstić information content (AvgIpc) is 2.28. The number of alkyl halides is 1. The Balaban J connectivity index is 2.11. The number of hydrogen-bond acceptors (Lipinski definition) is 3. The van der Waals surface area contributed by atoms with E-state index in [0.29, 0.717) is 10.6 Å². The van der Waals surface area contributed by atoms with Crippen molar-refractivity contribution in [2.75, 3.05) is 23.7 Å². The van der Waals surface area contributed by atoms with Crippen molar-refractivity contribution < 1.29 is 0 Å². The Morgan fingerprint density at radius 3 is 2.88 bits per heavy atom. The van der Waals surface area contributed by atoms with Crippen molar-refractivity contribution in [1.29, 1.82) is 0 Å². The molecule has 0 saturated carbocycles. The van der Waals surface area contributed by atoms with E-state index in [2.05, 4.69) is 35.9 Å². The SMILES string of the molecule is CC1(C)CN(c2ccc(CCl)cn2)CCS1. The minimum absolute atomic E-state index is 0.324. The Morgan fingerprint density at radius 1 is 1.50 bits per heavy atom. The molecule has 2 rings (SSSR count). The molecule has 0 N–H and O–H groups in total. The Morgan fingerprint density at radius 2 is 2.31 bits per heavy atom. The Kier molecular flexibility index (Phi) is 3.65. The van der Waals surface area contributed by atoms with Crippen LogP contribution < -0.4 is 4.90 Å². The molecule has 0 aromatic carbocycles. The molecule has 4 heteroatoms. The van der Waals surface area contributed by atoms with Gasteiger partial charge in [0.15, 0.2) is 0 Å². The van der Waals surface area contributed by atoms with Crippen LogP contribution in [0.4, 0.5) is 5.82 Å². The van der Waals surface area contributed by atoms with Crippen molar-refractivity contribution in [3.05, 3.63) is 23.9 Å². The van der Waals surface area contributed by atoms with Gasteiger partial charge < -0.3 is 4.90 Å². The molecule has 1 aliphatic rings. The summed E-state index contributed by atoms with van der Waals surface area (Å²) in [6.07, 6.45) is 1.87. The summed E-state index contributed by atoms with van der Waals surface area (Å²) in [6, 6.07) is 4.13. The number of anilines is 1. The molecule has 0 bridgehead atoms. The van der Waals surface area contributed by atoms with E-state index in [1.165, 1.54) is 5.75 Å². The van der Waals surface area contributed by atoms with Gasteiger partial charge in [-0.15, -0.1) is 11.6 Å². The fourth-order valence-corrected chi connectivity index (χ4v) is 3.16. The van der Waals surface area contributed by atoms with E-state index in [1.807, 2.05) is 18.0 Å². The van der Waals surface area contributed by atoms with E-state index in [1.54, 1.807) is 0 Å². The number of thioether (sulfide) groups is 1. The highest BCUT2D eigenvalue weighted by Gasteiger charge is 2.27. The first-order valence-corrected chi connectivity index (χ1v) is 7.02. The van der Waals surface area contributed by atoms with E-state index in [9.17, 15) is 0 Å². The molecule has 1 saturated heterocycles. The van der Waals surface area contributed by atoms with Crippen LogP contribution in [0.25, 0.3) is 0 Å². The van der Waals surface area contributed by atoms with Crippen molar-refractivity contribution in [3.8, 4) is 0 Å². The molecule has 0 spiro atoms. The largest absolute Gasteiger partial charge is 0.354 e. The number of pyridine rings is 1. The Bertz CT molecular complexity index is 351. The lowest BCUT2D eigenvalue weighted by Gasteiger charge is -2.38. The van der Waals surface area contributed by atoms with Gasteiger partial charge in [0, 0.05) is 35.7 Å². The van der Waals surface area contributed by atoms with E-state index in [-0.39, 0.29) is 0 Å². The first-order valence-electron chi connectivity index (χ1n) is 5.50. The number of halogens is 1. The molecular formula is C12H17ClN2S. The van der Waals surface area contributed by atoms with Crippen LogP contribution in [0.5, 0.6) is 0 Å². The molecule has 0 amide bonds. The summed E-state index contributed by atoms with van der Waals surface area (Å²) in [5.41, 5.74) is 1.08. The Labute approximate surface area is 106 Å². The summed E-state index contributed by atoms with van der Waals surface area (Å²) in [5, 5.41) is 0. The van der Waals surface area contributed by atoms with Crippen LogP contribution in [-0.2, 0) is 5.88 Å². The van der Waals surface area contributed by atoms with E-state index < -0.39 is 0 Å². The second kappa shape index (κ2) is 4.84. The zero-order valence-corrected chi connectivity index (χ0v) is 11.3. The van der Waals surface area contributed by atoms with Crippen LogP contribution >= 0.6 is 23.4 Å². The maximum Gasteiger partial charge on any atom is 0.128 e. The van der Waals surface area contributed by atoms with Gasteiger partial charge in [-0.2, -0.15) is 11.8 Å². The summed E-state index contributed by atoms with van der Waals surface area (Å²) >= 11 is 7.79. The average molecular weight is 257 g/mol. The van der Waals surface area contributed by atoms with Gasteiger partial charge >= 0.3 is 0 Å². The fraction of sp³-hybridized carbons (Fsp3) is 0.583. The molecule has 2 nitrogen and oxygen atoms in total. The van der Waals surface area contributed by atoms with Crippen molar-refractivity contribution >= 4 is 29.2 Å². The molecule has 1 aromatic heterocycles. The smallest absolute Gasteiger partial charge is 0.128 e. The van der Waals surface area contributed by atoms with Crippen molar-refractivity contribution in [1.82, 2.24) is 4.98 Å². The molecule has 1 aliphatic heterocycles. The zero-order valence-electron chi connectivity index (χ0n) is 9.74. The van der Waals surface area contributed by atoms with Gasteiger partial charge in [0.1, 0.15) is 5.82 Å². The maximum absolute atomic E-state index is 5.75. The molecule has 16 heavy (non-hydrogen) atoms. The quantitative estimate of drug-likeness (QED) is 0.757. The highest BCUT2D eigenvalue weighted by Crippen LogP contribution is 2.31. The molecule has 0 aliphatic carbocycles. The van der Waals surface area contributed by atoms with Gasteiger partial charge in [-0.05, 0) is 25.5 Å². The number of aromatic nitrogens is 1. The molecule has 1 aromatic rings. The zero-order chi connectivity index (χ0) is 11.6. The lowest BCUT2D eigenvalue weighted by Crippen LogP contribution is -2.43. The standard InChI is InChI=1S/C12H17ClN2S/c1-12(2)9-15(5-6-16-12)11-4-3-10(7-13)8-14-11/h3-4,8H,5-7,9H2,1-2H3. The normalized spacial score (nSPS) is 19.8. The first kappa shape index (κ1) is 12.1. The van der Waals surface area contributed by atoms with Crippen LogP contribution in [0, 0.1) is 0 Å². The van der Waals surface area contributed by atoms with Gasteiger partial charge in [-0.1, -0.05) is 6.07 Å². The number of rotatable bonds is 2. The van der Waals surface area contributed by atoms with Crippen LogP contribution in [-0.4, -0.2) is 28.6 Å².